The molecule has 2 nitrogen and oxygen atoms in total. The van der Waals surface area contributed by atoms with Crippen molar-refractivity contribution in [3.63, 3.8) is 0 Å². The van der Waals surface area contributed by atoms with Crippen LogP contribution in [0, 0.1) is 0 Å². The average molecular weight is 371 g/mol. The quantitative estimate of drug-likeness (QED) is 0.821. The Balaban J connectivity index is 1.67. The third-order valence-corrected chi connectivity index (χ3v) is 5.79. The normalized spacial score (nSPS) is 22.9. The van der Waals surface area contributed by atoms with Gasteiger partial charge in [0.2, 0.25) is 0 Å². The summed E-state index contributed by atoms with van der Waals surface area (Å²) in [5, 5.41) is 2.79. The zero-order valence-electron chi connectivity index (χ0n) is 13.6. The SMILES string of the molecule is CN(Cc1ccccc1)C1CCCc2c1[nH]c1c2=CC(Br)CC=1. The summed E-state index contributed by atoms with van der Waals surface area (Å²) in [4.78, 5) is 6.73. The molecule has 2 aliphatic rings. The van der Waals surface area contributed by atoms with Gasteiger partial charge in [0, 0.05) is 22.4 Å². The predicted molar refractivity (Wildman–Crippen MR) is 99.9 cm³/mol. The Bertz CT molecular complexity index is 806. The van der Waals surface area contributed by atoms with E-state index in [1.807, 2.05) is 0 Å². The number of hydrogen-bond donors (Lipinski definition) is 1. The lowest BCUT2D eigenvalue weighted by molar-refractivity contribution is 0.209. The number of H-pyrrole nitrogens is 1. The molecule has 1 aromatic heterocycles. The average Bonchev–Trinajstić information content (AvgIpc) is 2.93. The van der Waals surface area contributed by atoms with E-state index in [9.17, 15) is 0 Å². The predicted octanol–water partition coefficient (Wildman–Crippen LogP) is 3.25. The molecule has 0 radical (unpaired) electrons. The van der Waals surface area contributed by atoms with Crippen LogP contribution < -0.4 is 10.6 Å². The van der Waals surface area contributed by atoms with Gasteiger partial charge < -0.3 is 4.98 Å². The number of nitrogens with one attached hydrogen (secondary N) is 1. The Kier molecular flexibility index (Phi) is 4.16. The molecular weight excluding hydrogens is 348 g/mol. The van der Waals surface area contributed by atoms with Crippen LogP contribution >= 0.6 is 15.9 Å². The Morgan fingerprint density at radius 2 is 2.09 bits per heavy atom. The highest BCUT2D eigenvalue weighted by Gasteiger charge is 2.27. The molecular formula is C20H23BrN2. The summed E-state index contributed by atoms with van der Waals surface area (Å²) in [6, 6.07) is 11.3. The van der Waals surface area contributed by atoms with Gasteiger partial charge in [-0.1, -0.05) is 58.4 Å². The monoisotopic (exact) mass is 370 g/mol. The fourth-order valence-corrected chi connectivity index (χ4v) is 4.47. The zero-order valence-corrected chi connectivity index (χ0v) is 15.1. The number of benzene rings is 1. The molecule has 1 heterocycles. The maximum Gasteiger partial charge on any atom is 0.0502 e. The van der Waals surface area contributed by atoms with Crippen molar-refractivity contribution in [1.82, 2.24) is 9.88 Å². The number of aromatic amines is 1. The maximum absolute atomic E-state index is 3.75. The number of fused-ring (bicyclic) bond motifs is 3. The van der Waals surface area contributed by atoms with E-state index < -0.39 is 0 Å². The molecule has 1 aromatic carbocycles. The van der Waals surface area contributed by atoms with Crippen molar-refractivity contribution in [2.75, 3.05) is 7.05 Å². The fraction of sp³-hybridized carbons (Fsp3) is 0.400. The number of aromatic nitrogens is 1. The van der Waals surface area contributed by atoms with Crippen molar-refractivity contribution in [2.45, 2.75) is 43.1 Å². The molecule has 0 spiro atoms. The molecule has 0 fully saturated rings. The van der Waals surface area contributed by atoms with Gasteiger partial charge in [0.25, 0.3) is 0 Å². The minimum Gasteiger partial charge on any atom is -0.357 e. The molecule has 0 saturated heterocycles. The van der Waals surface area contributed by atoms with Crippen LogP contribution in [0.3, 0.4) is 0 Å². The summed E-state index contributed by atoms with van der Waals surface area (Å²) in [6.45, 7) is 1.00. The van der Waals surface area contributed by atoms with E-state index in [1.54, 1.807) is 5.56 Å². The van der Waals surface area contributed by atoms with Crippen molar-refractivity contribution in [3.8, 4) is 0 Å². The first-order valence-corrected chi connectivity index (χ1v) is 9.45. The standard InChI is InChI=1S/C20H23BrN2/c1-23(13-14-6-3-2-4-7-14)19-9-5-8-16-17-12-15(21)10-11-18(17)22-20(16)19/h2-4,6-7,11-12,15,19,22H,5,8-10,13H2,1H3. The van der Waals surface area contributed by atoms with Gasteiger partial charge in [-0.15, -0.1) is 0 Å². The van der Waals surface area contributed by atoms with Gasteiger partial charge in [-0.25, -0.2) is 0 Å². The van der Waals surface area contributed by atoms with Gasteiger partial charge >= 0.3 is 0 Å². The Labute approximate surface area is 146 Å². The second-order valence-corrected chi connectivity index (χ2v) is 7.95. The fourth-order valence-electron chi connectivity index (χ4n) is 4.02. The van der Waals surface area contributed by atoms with E-state index in [0.29, 0.717) is 10.9 Å². The number of alkyl halides is 1. The van der Waals surface area contributed by atoms with Crippen LogP contribution in [0.15, 0.2) is 30.3 Å². The summed E-state index contributed by atoms with van der Waals surface area (Å²) >= 11 is 3.75. The summed E-state index contributed by atoms with van der Waals surface area (Å²) < 4.78 is 0. The van der Waals surface area contributed by atoms with Crippen molar-refractivity contribution in [2.24, 2.45) is 0 Å². The molecule has 120 valence electrons. The minimum absolute atomic E-state index is 0.484. The first-order valence-electron chi connectivity index (χ1n) is 8.53. The number of rotatable bonds is 3. The van der Waals surface area contributed by atoms with Crippen LogP contribution in [0.5, 0.6) is 0 Å². The first kappa shape index (κ1) is 15.2. The zero-order chi connectivity index (χ0) is 15.8. The summed E-state index contributed by atoms with van der Waals surface area (Å²) in [7, 11) is 2.26. The molecule has 2 atom stereocenters. The Morgan fingerprint density at radius 3 is 2.91 bits per heavy atom. The van der Waals surface area contributed by atoms with E-state index in [2.05, 4.69) is 75.3 Å². The van der Waals surface area contributed by atoms with Gasteiger partial charge in [0.05, 0.1) is 6.04 Å². The molecule has 0 saturated carbocycles. The van der Waals surface area contributed by atoms with Gasteiger partial charge in [-0.2, -0.15) is 0 Å². The third-order valence-electron chi connectivity index (χ3n) is 5.15. The highest BCUT2D eigenvalue weighted by molar-refractivity contribution is 9.09. The van der Waals surface area contributed by atoms with Crippen LogP contribution in [0.4, 0.5) is 0 Å². The molecule has 2 unspecified atom stereocenters. The van der Waals surface area contributed by atoms with Crippen molar-refractivity contribution in [1.29, 1.82) is 0 Å². The highest BCUT2D eigenvalue weighted by Crippen LogP contribution is 2.31. The smallest absolute Gasteiger partial charge is 0.0502 e. The van der Waals surface area contributed by atoms with Crippen LogP contribution in [-0.4, -0.2) is 21.8 Å². The van der Waals surface area contributed by atoms with Crippen LogP contribution in [0.1, 0.15) is 42.1 Å². The van der Waals surface area contributed by atoms with E-state index >= 15 is 0 Å². The maximum atomic E-state index is 3.75. The van der Waals surface area contributed by atoms with Gasteiger partial charge in [0.15, 0.2) is 0 Å². The van der Waals surface area contributed by atoms with E-state index in [4.69, 9.17) is 0 Å². The van der Waals surface area contributed by atoms with Crippen molar-refractivity contribution < 1.29 is 0 Å². The molecule has 23 heavy (non-hydrogen) atoms. The van der Waals surface area contributed by atoms with Gasteiger partial charge in [0.1, 0.15) is 0 Å². The number of nitrogens with zero attached hydrogens (tertiary/aromatic N) is 1. The lowest BCUT2D eigenvalue weighted by atomic mass is 9.91. The third kappa shape index (κ3) is 2.92. The molecule has 0 bridgehead atoms. The number of halogens is 1. The summed E-state index contributed by atoms with van der Waals surface area (Å²) in [5.41, 5.74) is 4.39. The second-order valence-electron chi connectivity index (χ2n) is 6.78. The van der Waals surface area contributed by atoms with Crippen LogP contribution in [0.25, 0.3) is 12.2 Å². The van der Waals surface area contributed by atoms with E-state index in [0.717, 1.165) is 13.0 Å². The molecule has 0 aliphatic heterocycles. The summed E-state index contributed by atoms with van der Waals surface area (Å²) in [5.74, 6) is 0. The first-order chi connectivity index (χ1) is 11.2. The lowest BCUT2D eigenvalue weighted by Gasteiger charge is -2.31. The van der Waals surface area contributed by atoms with Crippen molar-refractivity contribution >= 4 is 28.1 Å². The molecule has 3 heteroatoms. The lowest BCUT2D eigenvalue weighted by Crippen LogP contribution is -2.30. The topological polar surface area (TPSA) is 19.0 Å². The Morgan fingerprint density at radius 1 is 1.26 bits per heavy atom. The Hall–Kier alpha value is -1.32. The highest BCUT2D eigenvalue weighted by atomic mass is 79.9. The molecule has 4 rings (SSSR count). The molecule has 2 aliphatic carbocycles. The summed E-state index contributed by atoms with van der Waals surface area (Å²) in [6.07, 6.45) is 9.55. The van der Waals surface area contributed by atoms with Crippen LogP contribution in [-0.2, 0) is 13.0 Å². The van der Waals surface area contributed by atoms with E-state index in [-0.39, 0.29) is 0 Å². The van der Waals surface area contributed by atoms with Gasteiger partial charge in [-0.3, -0.25) is 4.90 Å². The van der Waals surface area contributed by atoms with E-state index in [1.165, 1.54) is 41.1 Å². The van der Waals surface area contributed by atoms with Gasteiger partial charge in [-0.05, 0) is 49.1 Å². The molecule has 2 aromatic rings. The molecule has 0 amide bonds. The number of hydrogen-bond acceptors (Lipinski definition) is 1. The van der Waals surface area contributed by atoms with Crippen LogP contribution in [0.2, 0.25) is 0 Å². The van der Waals surface area contributed by atoms with Crippen molar-refractivity contribution in [3.05, 3.63) is 57.7 Å². The minimum atomic E-state index is 0.484. The molecule has 1 N–H and O–H groups in total. The largest absolute Gasteiger partial charge is 0.357 e. The second kappa shape index (κ2) is 6.29.